The molecule has 0 spiro atoms. The molecule has 2 aromatic carbocycles. The summed E-state index contributed by atoms with van der Waals surface area (Å²) < 4.78 is 12.9. The van der Waals surface area contributed by atoms with Crippen molar-refractivity contribution in [2.24, 2.45) is 11.3 Å². The Labute approximate surface area is 336 Å². The van der Waals surface area contributed by atoms with Crippen LogP contribution in [0.4, 0.5) is 10.5 Å². The molecule has 0 radical (unpaired) electrons. The van der Waals surface area contributed by atoms with Crippen LogP contribution < -0.4 is 15.6 Å². The summed E-state index contributed by atoms with van der Waals surface area (Å²) in [7, 11) is 1.34. The van der Waals surface area contributed by atoms with Crippen molar-refractivity contribution < 1.29 is 29.0 Å². The molecule has 0 aliphatic carbocycles. The van der Waals surface area contributed by atoms with E-state index >= 15 is 0 Å². The van der Waals surface area contributed by atoms with E-state index in [4.69, 9.17) is 14.5 Å². The lowest BCUT2D eigenvalue weighted by Gasteiger charge is -2.38. The zero-order chi connectivity index (χ0) is 40.7. The smallest absolute Gasteiger partial charge is 0.408 e. The molecule has 2 amide bonds. The minimum absolute atomic E-state index is 0.0623. The van der Waals surface area contributed by atoms with Gasteiger partial charge in [0.1, 0.15) is 18.7 Å². The molecule has 57 heavy (non-hydrogen) atoms. The van der Waals surface area contributed by atoms with Crippen LogP contribution in [0.5, 0.6) is 0 Å². The van der Waals surface area contributed by atoms with Crippen LogP contribution >= 0.6 is 0 Å². The maximum Gasteiger partial charge on any atom is 0.408 e. The number of carbonyl (C=O) groups is 3. The summed E-state index contributed by atoms with van der Waals surface area (Å²) in [6.07, 6.45) is 5.30. The van der Waals surface area contributed by atoms with E-state index in [1.807, 2.05) is 42.6 Å². The van der Waals surface area contributed by atoms with Crippen LogP contribution in [0, 0.1) is 11.3 Å². The highest BCUT2D eigenvalue weighted by Crippen LogP contribution is 2.41. The van der Waals surface area contributed by atoms with Crippen molar-refractivity contribution in [2.45, 2.75) is 104 Å². The SMILES string of the molecule is CCn1c(-c2cccnc2C(C)C)c(CC(C)(C)CO)c2cc(N3CCC[C@@H](C[C@H](NC(=O)OCc4ccccc4)C(=O)N4CCC[C@@H](C(=O)OC)N4)C3)ccc21. The van der Waals surface area contributed by atoms with E-state index in [-0.39, 0.29) is 36.4 Å². The van der Waals surface area contributed by atoms with Gasteiger partial charge in [-0.3, -0.25) is 19.6 Å². The summed E-state index contributed by atoms with van der Waals surface area (Å²) in [5.41, 5.74) is 10.3. The number of amides is 2. The molecular weight excluding hydrogens is 721 g/mol. The monoisotopic (exact) mass is 780 g/mol. The summed E-state index contributed by atoms with van der Waals surface area (Å²) in [6, 6.07) is 18.8. The van der Waals surface area contributed by atoms with Gasteiger partial charge in [0.15, 0.2) is 0 Å². The zero-order valence-corrected chi connectivity index (χ0v) is 34.4. The summed E-state index contributed by atoms with van der Waals surface area (Å²) in [5, 5.41) is 16.0. The van der Waals surface area contributed by atoms with E-state index in [0.717, 1.165) is 59.7 Å². The average molecular weight is 781 g/mol. The van der Waals surface area contributed by atoms with Gasteiger partial charge >= 0.3 is 12.1 Å². The van der Waals surface area contributed by atoms with E-state index < -0.39 is 24.1 Å². The third-order valence-corrected chi connectivity index (χ3v) is 11.4. The summed E-state index contributed by atoms with van der Waals surface area (Å²) >= 11 is 0. The number of ether oxygens (including phenoxy) is 2. The minimum Gasteiger partial charge on any atom is -0.468 e. The number of hydrazine groups is 1. The highest BCUT2D eigenvalue weighted by atomic mass is 16.5. The third-order valence-electron chi connectivity index (χ3n) is 11.4. The van der Waals surface area contributed by atoms with Gasteiger partial charge in [0, 0.05) is 61.1 Å². The van der Waals surface area contributed by atoms with Gasteiger partial charge in [0.25, 0.3) is 5.91 Å². The number of rotatable bonds is 14. The Morgan fingerprint density at radius 1 is 1.04 bits per heavy atom. The number of anilines is 1. The Morgan fingerprint density at radius 3 is 2.53 bits per heavy atom. The number of piperidine rings is 1. The fraction of sp³-hybridized carbons (Fsp3) is 0.511. The number of esters is 1. The number of fused-ring (bicyclic) bond motifs is 1. The number of aliphatic hydroxyl groups excluding tert-OH is 1. The van der Waals surface area contributed by atoms with Gasteiger partial charge in [0.2, 0.25) is 0 Å². The largest absolute Gasteiger partial charge is 0.468 e. The number of pyridine rings is 1. The second-order valence-corrected chi connectivity index (χ2v) is 16.6. The van der Waals surface area contributed by atoms with E-state index in [0.29, 0.717) is 38.8 Å². The van der Waals surface area contributed by atoms with Gasteiger partial charge < -0.3 is 29.4 Å². The second kappa shape index (κ2) is 18.5. The van der Waals surface area contributed by atoms with Crippen molar-refractivity contribution in [1.29, 1.82) is 0 Å². The Balaban J connectivity index is 1.28. The van der Waals surface area contributed by atoms with Gasteiger partial charge in [-0.2, -0.15) is 0 Å². The zero-order valence-electron chi connectivity index (χ0n) is 34.4. The van der Waals surface area contributed by atoms with Gasteiger partial charge in [-0.05, 0) is 104 Å². The normalized spacial score (nSPS) is 18.1. The number of hydrogen-bond donors (Lipinski definition) is 3. The number of aromatic nitrogens is 2. The van der Waals surface area contributed by atoms with Crippen LogP contribution in [0.1, 0.15) is 89.5 Å². The molecule has 3 atom stereocenters. The van der Waals surface area contributed by atoms with Gasteiger partial charge in [-0.15, -0.1) is 0 Å². The van der Waals surface area contributed by atoms with Crippen molar-refractivity contribution in [3.8, 4) is 11.3 Å². The number of methoxy groups -OCH3 is 1. The lowest BCUT2D eigenvalue weighted by molar-refractivity contribution is -0.150. The number of benzene rings is 2. The van der Waals surface area contributed by atoms with Crippen LogP contribution in [0.3, 0.4) is 0 Å². The van der Waals surface area contributed by atoms with Crippen LogP contribution in [-0.2, 0) is 38.6 Å². The van der Waals surface area contributed by atoms with E-state index in [1.165, 1.54) is 23.1 Å². The number of nitrogens with zero attached hydrogens (tertiary/aromatic N) is 4. The van der Waals surface area contributed by atoms with E-state index in [1.54, 1.807) is 0 Å². The van der Waals surface area contributed by atoms with E-state index in [2.05, 4.69) is 79.1 Å². The Hall–Kier alpha value is -4.94. The Morgan fingerprint density at radius 2 is 1.81 bits per heavy atom. The first-order chi connectivity index (χ1) is 27.4. The highest BCUT2D eigenvalue weighted by molar-refractivity contribution is 5.94. The molecule has 0 bridgehead atoms. The predicted molar refractivity (Wildman–Crippen MR) is 222 cm³/mol. The second-order valence-electron chi connectivity index (χ2n) is 16.6. The lowest BCUT2D eigenvalue weighted by atomic mass is 9.84. The Kier molecular flexibility index (Phi) is 13.6. The first-order valence-electron chi connectivity index (χ1n) is 20.5. The molecule has 2 saturated heterocycles. The highest BCUT2D eigenvalue weighted by Gasteiger charge is 2.36. The molecule has 306 valence electrons. The van der Waals surface area contributed by atoms with Crippen molar-refractivity contribution in [3.05, 3.63) is 83.7 Å². The summed E-state index contributed by atoms with van der Waals surface area (Å²) in [6.45, 7) is 13.6. The minimum atomic E-state index is -0.868. The predicted octanol–water partition coefficient (Wildman–Crippen LogP) is 6.98. The fourth-order valence-corrected chi connectivity index (χ4v) is 8.44. The van der Waals surface area contributed by atoms with Gasteiger partial charge in [0.05, 0.1) is 18.5 Å². The molecule has 4 heterocycles. The first kappa shape index (κ1) is 41.7. The molecule has 12 heteroatoms. The molecular formula is C45H60N6O6. The molecule has 6 rings (SSSR count). The number of carbonyl (C=O) groups excluding carboxylic acids is 3. The molecule has 2 aliphatic heterocycles. The molecule has 3 N–H and O–H groups in total. The van der Waals surface area contributed by atoms with Crippen LogP contribution in [0.15, 0.2) is 66.9 Å². The molecule has 2 fully saturated rings. The molecule has 2 aliphatic rings. The standard InChI is InChI=1S/C45H60N6O6/c1-7-50-39-20-19-33(25-35(39)36(26-45(4,5)29-52)41(50)34-17-11-21-46-40(34)30(2)3)49-22-12-16-32(27-49)24-38(47-44(55)57-28-31-14-9-8-10-15-31)42(53)51-23-13-18-37(48-51)43(54)56-6/h8-11,14-15,17,19-21,25,30,32,37-38,48,52H,7,12-13,16,18,22-24,26-29H2,1-6H3,(H,47,55)/t32-,37-,38-/m0/s1. The van der Waals surface area contributed by atoms with Crippen LogP contribution in [-0.4, -0.2) is 83.1 Å². The molecule has 0 unspecified atom stereocenters. The summed E-state index contributed by atoms with van der Waals surface area (Å²) in [4.78, 5) is 47.0. The van der Waals surface area contributed by atoms with Crippen LogP contribution in [0.25, 0.3) is 22.2 Å². The first-order valence-corrected chi connectivity index (χ1v) is 20.5. The maximum atomic E-state index is 14.2. The maximum absolute atomic E-state index is 14.2. The number of aryl methyl sites for hydroxylation is 1. The Bertz CT molecular complexity index is 2010. The van der Waals surface area contributed by atoms with Crippen molar-refractivity contribution in [1.82, 2.24) is 25.3 Å². The number of nitrogens with one attached hydrogen (secondary N) is 2. The lowest BCUT2D eigenvalue weighted by Crippen LogP contribution is -2.60. The fourth-order valence-electron chi connectivity index (χ4n) is 8.44. The van der Waals surface area contributed by atoms with Crippen molar-refractivity contribution in [3.63, 3.8) is 0 Å². The quantitative estimate of drug-likeness (QED) is 0.116. The molecule has 0 saturated carbocycles. The van der Waals surface area contributed by atoms with Gasteiger partial charge in [-0.1, -0.05) is 58.0 Å². The van der Waals surface area contributed by atoms with Crippen molar-refractivity contribution in [2.75, 3.05) is 38.3 Å². The third kappa shape index (κ3) is 9.79. The van der Waals surface area contributed by atoms with Gasteiger partial charge in [-0.25, -0.2) is 10.2 Å². The average Bonchev–Trinajstić information content (AvgIpc) is 3.53. The molecule has 2 aromatic heterocycles. The number of hydrogen-bond acceptors (Lipinski definition) is 9. The summed E-state index contributed by atoms with van der Waals surface area (Å²) in [5.74, 6) is -0.407. The van der Waals surface area contributed by atoms with Crippen LogP contribution in [0.2, 0.25) is 0 Å². The molecule has 4 aromatic rings. The number of alkyl carbamates (subject to hydrolysis) is 1. The molecule has 12 nitrogen and oxygen atoms in total. The number of aliphatic hydroxyl groups is 1. The van der Waals surface area contributed by atoms with Crippen molar-refractivity contribution >= 4 is 34.6 Å². The van der Waals surface area contributed by atoms with E-state index in [9.17, 15) is 19.5 Å². The topological polar surface area (TPSA) is 138 Å².